The first kappa shape index (κ1) is 16.5. The fourth-order valence-electron chi connectivity index (χ4n) is 2.88. The fourth-order valence-corrected chi connectivity index (χ4v) is 3.07. The minimum absolute atomic E-state index is 0.406. The third-order valence-electron chi connectivity index (χ3n) is 4.17. The average molecular weight is 392 g/mol. The van der Waals surface area contributed by atoms with E-state index in [-0.39, 0.29) is 0 Å². The first-order valence-electron chi connectivity index (χ1n) is 8.53. The van der Waals surface area contributed by atoms with Crippen LogP contribution >= 0.6 is 11.6 Å². The number of hydrogen-bond donors (Lipinski definition) is 3. The number of rotatable bonds is 5. The van der Waals surface area contributed by atoms with Crippen LogP contribution in [0.5, 0.6) is 0 Å². The van der Waals surface area contributed by atoms with Gasteiger partial charge in [0, 0.05) is 16.9 Å². The zero-order chi connectivity index (χ0) is 18.9. The van der Waals surface area contributed by atoms with Gasteiger partial charge in [0.05, 0.1) is 11.9 Å². The number of H-pyrrole nitrogens is 1. The number of halogens is 1. The SMILES string of the molecule is Clc1cccc(Nc2ccc3nnc(CNc4n[nH]c5ncccc45)n3n2)c1. The highest BCUT2D eigenvalue weighted by Crippen LogP contribution is 2.20. The van der Waals surface area contributed by atoms with Gasteiger partial charge in [0.25, 0.3) is 0 Å². The molecule has 0 atom stereocenters. The molecule has 0 spiro atoms. The van der Waals surface area contributed by atoms with Gasteiger partial charge in [-0.2, -0.15) is 9.61 Å². The Labute approximate surface area is 163 Å². The van der Waals surface area contributed by atoms with Crippen LogP contribution in [0.4, 0.5) is 17.3 Å². The molecular formula is C18H14ClN9. The van der Waals surface area contributed by atoms with Gasteiger partial charge in [0.15, 0.2) is 28.8 Å². The van der Waals surface area contributed by atoms with Crippen LogP contribution in [0.15, 0.2) is 54.7 Å². The lowest BCUT2D eigenvalue weighted by molar-refractivity contribution is 0.829. The van der Waals surface area contributed by atoms with Gasteiger partial charge < -0.3 is 10.6 Å². The number of benzene rings is 1. The first-order valence-corrected chi connectivity index (χ1v) is 8.91. The Hall–Kier alpha value is -3.72. The molecule has 4 heterocycles. The number of aromatic amines is 1. The Morgan fingerprint density at radius 1 is 1.07 bits per heavy atom. The molecule has 138 valence electrons. The molecule has 0 unspecified atom stereocenters. The van der Waals surface area contributed by atoms with Crippen molar-refractivity contribution in [2.75, 3.05) is 10.6 Å². The number of nitrogens with zero attached hydrogens (tertiary/aromatic N) is 6. The maximum absolute atomic E-state index is 6.04. The standard InChI is InChI=1S/C18H14ClN9/c19-11-3-1-4-12(9-11)22-14-6-7-15-23-24-16(28(15)27-14)10-21-18-13-5-2-8-20-17(13)25-26-18/h1-9H,10H2,(H,22,27)(H2,20,21,25,26). The van der Waals surface area contributed by atoms with Crippen molar-refractivity contribution < 1.29 is 0 Å². The number of hydrogen-bond acceptors (Lipinski definition) is 7. The van der Waals surface area contributed by atoms with Crippen molar-refractivity contribution in [3.05, 3.63) is 65.6 Å². The van der Waals surface area contributed by atoms with E-state index < -0.39 is 0 Å². The largest absolute Gasteiger partial charge is 0.361 e. The number of pyridine rings is 1. The molecule has 0 radical (unpaired) electrons. The summed E-state index contributed by atoms with van der Waals surface area (Å²) in [6.45, 7) is 0.406. The third-order valence-corrected chi connectivity index (χ3v) is 4.41. The molecule has 0 bridgehead atoms. The lowest BCUT2D eigenvalue weighted by Crippen LogP contribution is -2.07. The maximum atomic E-state index is 6.04. The van der Waals surface area contributed by atoms with Crippen molar-refractivity contribution in [1.82, 2.24) is 35.0 Å². The van der Waals surface area contributed by atoms with E-state index in [0.29, 0.717) is 34.7 Å². The monoisotopic (exact) mass is 391 g/mol. The van der Waals surface area contributed by atoms with Crippen molar-refractivity contribution >= 4 is 45.6 Å². The maximum Gasteiger partial charge on any atom is 0.178 e. The molecule has 3 N–H and O–H groups in total. The molecule has 9 nitrogen and oxygen atoms in total. The summed E-state index contributed by atoms with van der Waals surface area (Å²) in [6, 6.07) is 15.0. The van der Waals surface area contributed by atoms with E-state index >= 15 is 0 Å². The highest BCUT2D eigenvalue weighted by molar-refractivity contribution is 6.30. The Bertz CT molecular complexity index is 1280. The van der Waals surface area contributed by atoms with Gasteiger partial charge >= 0.3 is 0 Å². The smallest absolute Gasteiger partial charge is 0.178 e. The first-order chi connectivity index (χ1) is 13.8. The molecule has 5 aromatic rings. The molecule has 0 aliphatic heterocycles. The summed E-state index contributed by atoms with van der Waals surface area (Å²) in [6.07, 6.45) is 1.72. The minimum atomic E-state index is 0.406. The minimum Gasteiger partial charge on any atom is -0.361 e. The molecule has 1 aromatic carbocycles. The second-order valence-electron chi connectivity index (χ2n) is 6.07. The summed E-state index contributed by atoms with van der Waals surface area (Å²) < 4.78 is 1.69. The third kappa shape index (κ3) is 3.08. The summed E-state index contributed by atoms with van der Waals surface area (Å²) >= 11 is 6.04. The summed E-state index contributed by atoms with van der Waals surface area (Å²) in [5.41, 5.74) is 2.23. The van der Waals surface area contributed by atoms with Crippen LogP contribution in [0, 0.1) is 0 Å². The van der Waals surface area contributed by atoms with Crippen LogP contribution in [-0.4, -0.2) is 35.0 Å². The van der Waals surface area contributed by atoms with Gasteiger partial charge in [-0.25, -0.2) is 4.98 Å². The molecule has 5 rings (SSSR count). The number of anilines is 3. The molecule has 0 saturated heterocycles. The van der Waals surface area contributed by atoms with Gasteiger partial charge in [0.2, 0.25) is 0 Å². The second kappa shape index (κ2) is 6.78. The quantitative estimate of drug-likeness (QED) is 0.421. The Morgan fingerprint density at radius 3 is 2.96 bits per heavy atom. The lowest BCUT2D eigenvalue weighted by Gasteiger charge is -2.07. The molecule has 4 aromatic heterocycles. The van der Waals surface area contributed by atoms with E-state index in [4.69, 9.17) is 11.6 Å². The molecule has 0 fully saturated rings. The highest BCUT2D eigenvalue weighted by atomic mass is 35.5. The fraction of sp³-hybridized carbons (Fsp3) is 0.0556. The number of aromatic nitrogens is 7. The van der Waals surface area contributed by atoms with E-state index in [9.17, 15) is 0 Å². The normalized spacial score (nSPS) is 11.2. The van der Waals surface area contributed by atoms with Crippen LogP contribution < -0.4 is 10.6 Å². The zero-order valence-electron chi connectivity index (χ0n) is 14.5. The van der Waals surface area contributed by atoms with Gasteiger partial charge in [-0.15, -0.1) is 15.3 Å². The summed E-state index contributed by atoms with van der Waals surface area (Å²) in [5, 5.41) is 28.2. The predicted octanol–water partition coefficient (Wildman–Crippen LogP) is 3.40. The zero-order valence-corrected chi connectivity index (χ0v) is 15.2. The average Bonchev–Trinajstić information content (AvgIpc) is 3.30. The van der Waals surface area contributed by atoms with Crippen LogP contribution in [0.2, 0.25) is 5.02 Å². The Morgan fingerprint density at radius 2 is 2.04 bits per heavy atom. The Kier molecular flexibility index (Phi) is 3.99. The second-order valence-corrected chi connectivity index (χ2v) is 6.50. The van der Waals surface area contributed by atoms with E-state index in [1.54, 1.807) is 10.7 Å². The molecule has 0 aliphatic rings. The van der Waals surface area contributed by atoms with E-state index in [2.05, 4.69) is 41.1 Å². The van der Waals surface area contributed by atoms with E-state index in [0.717, 1.165) is 16.7 Å². The van der Waals surface area contributed by atoms with Crippen molar-refractivity contribution in [3.8, 4) is 0 Å². The molecular weight excluding hydrogens is 378 g/mol. The topological polar surface area (TPSA) is 109 Å². The molecule has 28 heavy (non-hydrogen) atoms. The molecule has 0 aliphatic carbocycles. The summed E-state index contributed by atoms with van der Waals surface area (Å²) in [7, 11) is 0. The summed E-state index contributed by atoms with van der Waals surface area (Å²) in [4.78, 5) is 4.23. The lowest BCUT2D eigenvalue weighted by atomic mass is 10.3. The van der Waals surface area contributed by atoms with Crippen LogP contribution in [-0.2, 0) is 6.54 Å². The van der Waals surface area contributed by atoms with Gasteiger partial charge in [-0.05, 0) is 42.5 Å². The van der Waals surface area contributed by atoms with Gasteiger partial charge in [-0.3, -0.25) is 5.10 Å². The van der Waals surface area contributed by atoms with Crippen molar-refractivity contribution in [1.29, 1.82) is 0 Å². The van der Waals surface area contributed by atoms with Crippen molar-refractivity contribution in [3.63, 3.8) is 0 Å². The molecule has 0 saturated carbocycles. The van der Waals surface area contributed by atoms with Gasteiger partial charge in [0.1, 0.15) is 0 Å². The van der Waals surface area contributed by atoms with Crippen LogP contribution in [0.3, 0.4) is 0 Å². The van der Waals surface area contributed by atoms with Crippen LogP contribution in [0.25, 0.3) is 16.7 Å². The van der Waals surface area contributed by atoms with Crippen LogP contribution in [0.1, 0.15) is 5.82 Å². The van der Waals surface area contributed by atoms with Crippen molar-refractivity contribution in [2.45, 2.75) is 6.54 Å². The summed E-state index contributed by atoms with van der Waals surface area (Å²) in [5.74, 6) is 2.02. The van der Waals surface area contributed by atoms with Gasteiger partial charge in [-0.1, -0.05) is 17.7 Å². The number of fused-ring (bicyclic) bond motifs is 2. The molecule has 0 amide bonds. The van der Waals surface area contributed by atoms with Crippen molar-refractivity contribution in [2.24, 2.45) is 0 Å². The van der Waals surface area contributed by atoms with E-state index in [1.165, 1.54) is 0 Å². The highest BCUT2D eigenvalue weighted by Gasteiger charge is 2.10. The van der Waals surface area contributed by atoms with E-state index in [1.807, 2.05) is 48.5 Å². The molecule has 10 heteroatoms. The number of nitrogens with one attached hydrogen (secondary N) is 3. The Balaban J connectivity index is 1.40. The predicted molar refractivity (Wildman–Crippen MR) is 107 cm³/mol.